The third-order valence-electron chi connectivity index (χ3n) is 2.80. The van der Waals surface area contributed by atoms with Crippen LogP contribution in [0.15, 0.2) is 24.3 Å². The van der Waals surface area contributed by atoms with Gasteiger partial charge in [0.2, 0.25) is 5.91 Å². The first-order chi connectivity index (χ1) is 8.93. The maximum atomic E-state index is 11.6. The Balaban J connectivity index is 2.58. The second-order valence-electron chi connectivity index (χ2n) is 4.74. The zero-order chi connectivity index (χ0) is 14.4. The molecule has 0 heterocycles. The molecule has 0 spiro atoms. The molecule has 5 heteroatoms. The van der Waals surface area contributed by atoms with Crippen molar-refractivity contribution in [3.05, 3.63) is 35.4 Å². The average molecular weight is 263 g/mol. The lowest BCUT2D eigenvalue weighted by molar-refractivity contribution is -0.129. The van der Waals surface area contributed by atoms with Gasteiger partial charge in [-0.3, -0.25) is 14.5 Å². The van der Waals surface area contributed by atoms with Crippen molar-refractivity contribution in [2.45, 2.75) is 6.54 Å². The van der Waals surface area contributed by atoms with Crippen molar-refractivity contribution < 1.29 is 9.59 Å². The molecule has 0 aromatic heterocycles. The van der Waals surface area contributed by atoms with E-state index in [4.69, 9.17) is 0 Å². The minimum atomic E-state index is -0.0947. The number of amides is 2. The van der Waals surface area contributed by atoms with Crippen LogP contribution in [0.3, 0.4) is 0 Å². The highest BCUT2D eigenvalue weighted by Crippen LogP contribution is 2.07. The maximum Gasteiger partial charge on any atom is 0.251 e. The summed E-state index contributed by atoms with van der Waals surface area (Å²) in [5, 5.41) is 2.58. The van der Waals surface area contributed by atoms with Crippen LogP contribution in [0.1, 0.15) is 15.9 Å². The van der Waals surface area contributed by atoms with Crippen LogP contribution in [-0.2, 0) is 11.3 Å². The molecular formula is C14H21N3O2. The Morgan fingerprint density at radius 2 is 1.68 bits per heavy atom. The summed E-state index contributed by atoms with van der Waals surface area (Å²) in [7, 11) is 6.99. The maximum absolute atomic E-state index is 11.6. The summed E-state index contributed by atoms with van der Waals surface area (Å²) < 4.78 is 0. The molecule has 0 bridgehead atoms. The van der Waals surface area contributed by atoms with Gasteiger partial charge in [-0.05, 0) is 24.7 Å². The Kier molecular flexibility index (Phi) is 5.51. The van der Waals surface area contributed by atoms with Gasteiger partial charge in [-0.15, -0.1) is 0 Å². The van der Waals surface area contributed by atoms with Gasteiger partial charge in [0.05, 0.1) is 6.54 Å². The van der Waals surface area contributed by atoms with Crippen LogP contribution < -0.4 is 5.32 Å². The third kappa shape index (κ3) is 4.71. The number of carbonyl (C=O) groups excluding carboxylic acids is 2. The molecule has 0 unspecified atom stereocenters. The molecule has 1 aromatic carbocycles. The van der Waals surface area contributed by atoms with Crippen LogP contribution in [0, 0.1) is 0 Å². The van der Waals surface area contributed by atoms with Crippen LogP contribution in [-0.4, -0.2) is 56.3 Å². The monoisotopic (exact) mass is 263 g/mol. The van der Waals surface area contributed by atoms with E-state index in [1.807, 2.05) is 24.1 Å². The second-order valence-corrected chi connectivity index (χ2v) is 4.74. The van der Waals surface area contributed by atoms with Gasteiger partial charge in [0.1, 0.15) is 0 Å². The number of benzene rings is 1. The molecule has 0 saturated carbocycles. The summed E-state index contributed by atoms with van der Waals surface area (Å²) >= 11 is 0. The zero-order valence-electron chi connectivity index (χ0n) is 11.9. The van der Waals surface area contributed by atoms with Crippen LogP contribution in [0.4, 0.5) is 0 Å². The zero-order valence-corrected chi connectivity index (χ0v) is 11.9. The molecular weight excluding hydrogens is 242 g/mol. The number of nitrogens with one attached hydrogen (secondary N) is 1. The van der Waals surface area contributed by atoms with Crippen molar-refractivity contribution in [1.29, 1.82) is 0 Å². The van der Waals surface area contributed by atoms with Crippen molar-refractivity contribution in [3.8, 4) is 0 Å². The first kappa shape index (κ1) is 15.2. The first-order valence-electron chi connectivity index (χ1n) is 6.13. The van der Waals surface area contributed by atoms with Crippen LogP contribution >= 0.6 is 0 Å². The molecule has 0 atom stereocenters. The van der Waals surface area contributed by atoms with E-state index in [-0.39, 0.29) is 11.8 Å². The Labute approximate surface area is 114 Å². The highest BCUT2D eigenvalue weighted by molar-refractivity contribution is 5.93. The number of carbonyl (C=O) groups is 2. The smallest absolute Gasteiger partial charge is 0.251 e. The second kappa shape index (κ2) is 6.89. The summed E-state index contributed by atoms with van der Waals surface area (Å²) in [6.45, 7) is 1.05. The van der Waals surface area contributed by atoms with Gasteiger partial charge in [-0.2, -0.15) is 0 Å². The number of rotatable bonds is 5. The van der Waals surface area contributed by atoms with Crippen molar-refractivity contribution >= 4 is 11.8 Å². The summed E-state index contributed by atoms with van der Waals surface area (Å²) in [5.74, 6) is -0.0211. The van der Waals surface area contributed by atoms with Crippen molar-refractivity contribution in [2.75, 3.05) is 34.7 Å². The largest absolute Gasteiger partial charge is 0.355 e. The molecule has 1 rings (SSSR count). The Morgan fingerprint density at radius 3 is 2.16 bits per heavy atom. The molecule has 0 aliphatic rings. The van der Waals surface area contributed by atoms with Gasteiger partial charge in [0.25, 0.3) is 5.91 Å². The molecule has 0 aliphatic heterocycles. The Morgan fingerprint density at radius 1 is 1.11 bits per heavy atom. The number of likely N-dealkylation sites (N-methyl/N-ethyl adjacent to an activating group) is 2. The molecule has 104 valence electrons. The molecule has 1 aromatic rings. The number of nitrogens with zero attached hydrogens (tertiary/aromatic N) is 2. The molecule has 5 nitrogen and oxygen atoms in total. The average Bonchev–Trinajstić information content (AvgIpc) is 2.38. The molecule has 0 aliphatic carbocycles. The summed E-state index contributed by atoms with van der Waals surface area (Å²) in [5.41, 5.74) is 1.71. The minimum absolute atomic E-state index is 0.0736. The van der Waals surface area contributed by atoms with E-state index in [1.165, 1.54) is 0 Å². The van der Waals surface area contributed by atoms with Crippen molar-refractivity contribution in [3.63, 3.8) is 0 Å². The van der Waals surface area contributed by atoms with Crippen LogP contribution in [0.2, 0.25) is 0 Å². The molecule has 2 amide bonds. The van der Waals surface area contributed by atoms with Gasteiger partial charge in [0.15, 0.2) is 0 Å². The lowest BCUT2D eigenvalue weighted by Crippen LogP contribution is -2.34. The third-order valence-corrected chi connectivity index (χ3v) is 2.80. The number of hydrogen-bond acceptors (Lipinski definition) is 3. The summed E-state index contributed by atoms with van der Waals surface area (Å²) in [4.78, 5) is 26.5. The lowest BCUT2D eigenvalue weighted by Gasteiger charge is -2.19. The van der Waals surface area contributed by atoms with Gasteiger partial charge in [-0.25, -0.2) is 0 Å². The molecule has 1 N–H and O–H groups in total. The molecule has 0 fully saturated rings. The van der Waals surface area contributed by atoms with Gasteiger partial charge in [-0.1, -0.05) is 12.1 Å². The van der Waals surface area contributed by atoms with E-state index in [9.17, 15) is 9.59 Å². The predicted octanol–water partition coefficient (Wildman–Crippen LogP) is 0.566. The van der Waals surface area contributed by atoms with Gasteiger partial charge < -0.3 is 10.2 Å². The first-order valence-corrected chi connectivity index (χ1v) is 6.13. The fourth-order valence-corrected chi connectivity index (χ4v) is 1.65. The predicted molar refractivity (Wildman–Crippen MR) is 74.9 cm³/mol. The number of hydrogen-bond donors (Lipinski definition) is 1. The van der Waals surface area contributed by atoms with E-state index in [0.717, 1.165) is 5.56 Å². The molecule has 0 saturated heterocycles. The summed E-state index contributed by atoms with van der Waals surface area (Å²) in [6.07, 6.45) is 0. The fraction of sp³-hybridized carbons (Fsp3) is 0.429. The lowest BCUT2D eigenvalue weighted by atomic mass is 10.1. The van der Waals surface area contributed by atoms with Crippen molar-refractivity contribution in [2.24, 2.45) is 0 Å². The SMILES string of the molecule is CNC(=O)c1ccc(CN(C)CC(=O)N(C)C)cc1. The standard InChI is InChI=1S/C14H21N3O2/c1-15-14(19)12-7-5-11(6-8-12)9-17(4)10-13(18)16(2)3/h5-8H,9-10H2,1-4H3,(H,15,19). The quantitative estimate of drug-likeness (QED) is 0.845. The van der Waals surface area contributed by atoms with Crippen LogP contribution in [0.5, 0.6) is 0 Å². The molecule has 0 radical (unpaired) electrons. The topological polar surface area (TPSA) is 52.7 Å². The van der Waals surface area contributed by atoms with E-state index in [2.05, 4.69) is 5.32 Å². The van der Waals surface area contributed by atoms with E-state index in [1.54, 1.807) is 38.2 Å². The van der Waals surface area contributed by atoms with E-state index < -0.39 is 0 Å². The summed E-state index contributed by atoms with van der Waals surface area (Å²) in [6, 6.07) is 7.38. The minimum Gasteiger partial charge on any atom is -0.355 e. The highest BCUT2D eigenvalue weighted by Gasteiger charge is 2.09. The Bertz CT molecular complexity index is 441. The van der Waals surface area contributed by atoms with Crippen molar-refractivity contribution in [1.82, 2.24) is 15.1 Å². The Hall–Kier alpha value is -1.88. The van der Waals surface area contributed by atoms with Crippen LogP contribution in [0.25, 0.3) is 0 Å². The van der Waals surface area contributed by atoms with E-state index in [0.29, 0.717) is 18.7 Å². The van der Waals surface area contributed by atoms with Gasteiger partial charge in [0, 0.05) is 33.3 Å². The van der Waals surface area contributed by atoms with E-state index >= 15 is 0 Å². The highest BCUT2D eigenvalue weighted by atomic mass is 16.2. The fourth-order valence-electron chi connectivity index (χ4n) is 1.65. The molecule has 19 heavy (non-hydrogen) atoms. The normalized spacial score (nSPS) is 10.4. The van der Waals surface area contributed by atoms with Gasteiger partial charge >= 0.3 is 0 Å².